The molecule has 43 heavy (non-hydrogen) atoms. The van der Waals surface area contributed by atoms with Gasteiger partial charge in [-0.2, -0.15) is 0 Å². The van der Waals surface area contributed by atoms with Gasteiger partial charge in [-0.15, -0.1) is 0 Å². The van der Waals surface area contributed by atoms with Crippen LogP contribution in [0.4, 0.5) is 0 Å². The van der Waals surface area contributed by atoms with E-state index in [1.54, 1.807) is 0 Å². The summed E-state index contributed by atoms with van der Waals surface area (Å²) in [5.74, 6) is 0.934. The van der Waals surface area contributed by atoms with E-state index < -0.39 is 0 Å². The molecule has 1 aromatic heterocycles. The van der Waals surface area contributed by atoms with Crippen LogP contribution in [0, 0.1) is 0 Å². The summed E-state index contributed by atoms with van der Waals surface area (Å²) in [6.45, 7) is 0.597. The quantitative estimate of drug-likeness (QED) is 0.214. The van der Waals surface area contributed by atoms with Crippen LogP contribution in [-0.2, 0) is 6.61 Å². The van der Waals surface area contributed by atoms with Gasteiger partial charge in [0.25, 0.3) is 0 Å². The fourth-order valence-corrected chi connectivity index (χ4v) is 6.96. The maximum atomic E-state index is 6.26. The summed E-state index contributed by atoms with van der Waals surface area (Å²) in [5, 5.41) is 5.01. The number of ether oxygens (including phenoxy) is 1. The zero-order valence-electron chi connectivity index (χ0n) is 23.5. The average molecular weight is 550 g/mol. The molecule has 2 heterocycles. The monoisotopic (exact) mass is 549 g/mol. The Morgan fingerprint density at radius 1 is 0.442 bits per heavy atom. The summed E-state index contributed by atoms with van der Waals surface area (Å²) in [6, 6.07) is 54.7. The first-order chi connectivity index (χ1) is 21.3. The van der Waals surface area contributed by atoms with Crippen molar-refractivity contribution in [3.63, 3.8) is 0 Å². The highest BCUT2D eigenvalue weighted by Crippen LogP contribution is 2.45. The molecule has 0 spiro atoms. The molecule has 7 aromatic carbocycles. The highest BCUT2D eigenvalue weighted by atomic mass is 16.5. The lowest BCUT2D eigenvalue weighted by molar-refractivity contribution is 0.302. The molecule has 2 nitrogen and oxygen atoms in total. The van der Waals surface area contributed by atoms with Gasteiger partial charge in [0.15, 0.2) is 0 Å². The molecule has 0 amide bonds. The van der Waals surface area contributed by atoms with Crippen molar-refractivity contribution in [3.8, 4) is 44.8 Å². The van der Waals surface area contributed by atoms with E-state index in [1.165, 1.54) is 66.0 Å². The molecule has 0 fully saturated rings. The Kier molecular flexibility index (Phi) is 5.30. The van der Waals surface area contributed by atoms with Gasteiger partial charge in [0.05, 0.1) is 16.7 Å². The van der Waals surface area contributed by atoms with Crippen molar-refractivity contribution in [2.24, 2.45) is 0 Å². The second-order valence-electron chi connectivity index (χ2n) is 11.3. The van der Waals surface area contributed by atoms with Crippen LogP contribution in [0.25, 0.3) is 71.6 Å². The summed E-state index contributed by atoms with van der Waals surface area (Å²) >= 11 is 0. The normalized spacial score (nSPS) is 12.3. The van der Waals surface area contributed by atoms with Gasteiger partial charge in [-0.1, -0.05) is 121 Å². The SMILES string of the molecule is c1ccc(-c2ccc(-c3ccc4c(c3)c3ccccc3n4-c3cccc4c3-c3ccccc3CO4)c3ccccc23)cc1. The van der Waals surface area contributed by atoms with Crippen molar-refractivity contribution in [3.05, 3.63) is 157 Å². The van der Waals surface area contributed by atoms with Crippen molar-refractivity contribution in [2.75, 3.05) is 0 Å². The number of fused-ring (bicyclic) bond motifs is 7. The number of rotatable bonds is 3. The third-order valence-corrected chi connectivity index (χ3v) is 8.91. The van der Waals surface area contributed by atoms with Crippen LogP contribution in [0.3, 0.4) is 0 Å². The maximum absolute atomic E-state index is 6.26. The average Bonchev–Trinajstić information content (AvgIpc) is 3.41. The van der Waals surface area contributed by atoms with Crippen molar-refractivity contribution < 1.29 is 4.74 Å². The fraction of sp³-hybridized carbons (Fsp3) is 0.0244. The summed E-state index contributed by atoms with van der Waals surface area (Å²) in [4.78, 5) is 0. The Labute approximate surface area is 250 Å². The van der Waals surface area contributed by atoms with Crippen LogP contribution >= 0.6 is 0 Å². The molecule has 0 radical (unpaired) electrons. The molecule has 202 valence electrons. The maximum Gasteiger partial charge on any atom is 0.129 e. The van der Waals surface area contributed by atoms with E-state index in [4.69, 9.17) is 4.74 Å². The largest absolute Gasteiger partial charge is 0.488 e. The first kappa shape index (κ1) is 24.0. The molecule has 0 aliphatic carbocycles. The summed E-state index contributed by atoms with van der Waals surface area (Å²) < 4.78 is 8.67. The summed E-state index contributed by atoms with van der Waals surface area (Å²) in [5.41, 5.74) is 12.1. The van der Waals surface area contributed by atoms with Crippen LogP contribution in [0.15, 0.2) is 152 Å². The van der Waals surface area contributed by atoms with Crippen LogP contribution in [-0.4, -0.2) is 4.57 Å². The lowest BCUT2D eigenvalue weighted by Crippen LogP contribution is -2.08. The van der Waals surface area contributed by atoms with Crippen LogP contribution < -0.4 is 4.74 Å². The molecule has 1 aliphatic rings. The van der Waals surface area contributed by atoms with Gasteiger partial charge in [-0.05, 0) is 74.5 Å². The molecule has 0 N–H and O–H groups in total. The molecular formula is C41H27NO. The first-order valence-corrected chi connectivity index (χ1v) is 14.8. The van der Waals surface area contributed by atoms with E-state index in [-0.39, 0.29) is 0 Å². The minimum atomic E-state index is 0.597. The second-order valence-corrected chi connectivity index (χ2v) is 11.3. The van der Waals surface area contributed by atoms with Gasteiger partial charge in [-0.3, -0.25) is 0 Å². The Hall–Kier alpha value is -5.60. The van der Waals surface area contributed by atoms with Crippen molar-refractivity contribution in [2.45, 2.75) is 6.61 Å². The Balaban J connectivity index is 1.29. The molecule has 0 atom stereocenters. The van der Waals surface area contributed by atoms with Crippen LogP contribution in [0.5, 0.6) is 5.75 Å². The molecule has 0 saturated carbocycles. The van der Waals surface area contributed by atoms with E-state index in [2.05, 4.69) is 156 Å². The van der Waals surface area contributed by atoms with Gasteiger partial charge >= 0.3 is 0 Å². The Bertz CT molecular complexity index is 2350. The van der Waals surface area contributed by atoms with Crippen LogP contribution in [0.1, 0.15) is 5.56 Å². The highest BCUT2D eigenvalue weighted by Gasteiger charge is 2.23. The number of hydrogen-bond donors (Lipinski definition) is 0. The lowest BCUT2D eigenvalue weighted by atomic mass is 9.91. The van der Waals surface area contributed by atoms with Gasteiger partial charge in [-0.25, -0.2) is 0 Å². The number of benzene rings is 7. The van der Waals surface area contributed by atoms with E-state index in [1.807, 2.05) is 0 Å². The van der Waals surface area contributed by atoms with E-state index >= 15 is 0 Å². The van der Waals surface area contributed by atoms with Crippen molar-refractivity contribution >= 4 is 32.6 Å². The predicted octanol–water partition coefficient (Wildman–Crippen LogP) is 10.8. The van der Waals surface area contributed by atoms with Gasteiger partial charge in [0.2, 0.25) is 0 Å². The van der Waals surface area contributed by atoms with Gasteiger partial charge in [0.1, 0.15) is 12.4 Å². The van der Waals surface area contributed by atoms with E-state index in [9.17, 15) is 0 Å². The van der Waals surface area contributed by atoms with Crippen molar-refractivity contribution in [1.82, 2.24) is 4.57 Å². The Morgan fingerprint density at radius 2 is 1.12 bits per heavy atom. The molecule has 2 heteroatoms. The first-order valence-electron chi connectivity index (χ1n) is 14.8. The molecular weight excluding hydrogens is 522 g/mol. The van der Waals surface area contributed by atoms with Gasteiger partial charge in [0, 0.05) is 16.3 Å². The van der Waals surface area contributed by atoms with Gasteiger partial charge < -0.3 is 9.30 Å². The lowest BCUT2D eigenvalue weighted by Gasteiger charge is -2.24. The summed E-state index contributed by atoms with van der Waals surface area (Å²) in [7, 11) is 0. The molecule has 0 bridgehead atoms. The van der Waals surface area contributed by atoms with E-state index in [0.717, 1.165) is 17.0 Å². The molecule has 8 aromatic rings. The number of nitrogens with zero attached hydrogens (tertiary/aromatic N) is 1. The third-order valence-electron chi connectivity index (χ3n) is 8.91. The topological polar surface area (TPSA) is 14.2 Å². The zero-order chi connectivity index (χ0) is 28.3. The molecule has 0 unspecified atom stereocenters. The van der Waals surface area contributed by atoms with Crippen LogP contribution in [0.2, 0.25) is 0 Å². The van der Waals surface area contributed by atoms with E-state index in [0.29, 0.717) is 6.61 Å². The molecule has 0 saturated heterocycles. The summed E-state index contributed by atoms with van der Waals surface area (Å²) in [6.07, 6.45) is 0. The number of hydrogen-bond acceptors (Lipinski definition) is 1. The molecule has 1 aliphatic heterocycles. The highest BCUT2D eigenvalue weighted by molar-refractivity contribution is 6.12. The third kappa shape index (κ3) is 3.67. The standard InChI is InChI=1S/C41H27NO/c1-2-11-27(12-3-1)30-22-23-31(34-16-7-6-15-33(30)34)28-21-24-38-36(25-28)35-17-8-9-18-37(35)42(38)39-19-10-20-40-41(39)32-14-5-4-13-29(32)26-43-40/h1-25H,26H2. The number of para-hydroxylation sites is 1. The zero-order valence-corrected chi connectivity index (χ0v) is 23.5. The second kappa shape index (κ2) is 9.47. The molecule has 9 rings (SSSR count). The minimum absolute atomic E-state index is 0.597. The smallest absolute Gasteiger partial charge is 0.129 e. The van der Waals surface area contributed by atoms with Crippen molar-refractivity contribution in [1.29, 1.82) is 0 Å². The predicted molar refractivity (Wildman–Crippen MR) is 179 cm³/mol. The fourth-order valence-electron chi connectivity index (χ4n) is 6.96. The minimum Gasteiger partial charge on any atom is -0.488 e. The Morgan fingerprint density at radius 3 is 1.95 bits per heavy atom. The number of aromatic nitrogens is 1.